The summed E-state index contributed by atoms with van der Waals surface area (Å²) < 4.78 is 0. The van der Waals surface area contributed by atoms with Crippen LogP contribution in [0.15, 0.2) is 11.6 Å². The highest BCUT2D eigenvalue weighted by molar-refractivity contribution is 5.84. The maximum absolute atomic E-state index is 12.7. The topological polar surface area (TPSA) is 41.1 Å². The van der Waals surface area contributed by atoms with Gasteiger partial charge >= 0.3 is 0 Å². The van der Waals surface area contributed by atoms with E-state index in [0.717, 1.165) is 12.8 Å². The van der Waals surface area contributed by atoms with Crippen molar-refractivity contribution in [3.05, 3.63) is 11.6 Å². The van der Waals surface area contributed by atoms with Gasteiger partial charge in [-0.05, 0) is 65.7 Å². The van der Waals surface area contributed by atoms with Crippen LogP contribution < -0.4 is 10.6 Å². The minimum atomic E-state index is 0.0675. The van der Waals surface area contributed by atoms with Crippen LogP contribution in [0, 0.1) is 17.3 Å². The fourth-order valence-corrected chi connectivity index (χ4v) is 4.56. The first-order chi connectivity index (χ1) is 9.84. The summed E-state index contributed by atoms with van der Waals surface area (Å²) in [5, 5.41) is 7.01. The highest BCUT2D eigenvalue weighted by atomic mass is 16.2. The Kier molecular flexibility index (Phi) is 4.27. The SMILES string of the molecule is CC(C)=C[C@@H]1[C@H](C(=O)NC2CC(C)(C)NC(C)(C)C2)C1(C)C. The lowest BCUT2D eigenvalue weighted by Gasteiger charge is -2.46. The predicted octanol–water partition coefficient (Wildman–Crippen LogP) is 3.65. The van der Waals surface area contributed by atoms with Gasteiger partial charge in [0.05, 0.1) is 5.92 Å². The molecule has 1 heterocycles. The van der Waals surface area contributed by atoms with Crippen LogP contribution in [0.1, 0.15) is 68.2 Å². The molecule has 1 aliphatic heterocycles. The van der Waals surface area contributed by atoms with Crippen LogP contribution in [-0.2, 0) is 4.79 Å². The molecule has 22 heavy (non-hydrogen) atoms. The summed E-state index contributed by atoms with van der Waals surface area (Å²) in [7, 11) is 0. The number of carbonyl (C=O) groups excluding carboxylic acids is 1. The number of amides is 1. The van der Waals surface area contributed by atoms with Crippen molar-refractivity contribution in [2.24, 2.45) is 17.3 Å². The van der Waals surface area contributed by atoms with E-state index >= 15 is 0 Å². The smallest absolute Gasteiger partial charge is 0.224 e. The molecule has 2 rings (SSSR count). The monoisotopic (exact) mass is 306 g/mol. The molecule has 2 aliphatic rings. The molecule has 2 atom stereocenters. The Morgan fingerprint density at radius 2 is 1.55 bits per heavy atom. The molecule has 0 spiro atoms. The van der Waals surface area contributed by atoms with Crippen LogP contribution in [0.2, 0.25) is 0 Å². The van der Waals surface area contributed by atoms with Gasteiger partial charge < -0.3 is 10.6 Å². The second-order valence-corrected chi connectivity index (χ2v) is 9.58. The molecular formula is C19H34N2O. The fourth-order valence-electron chi connectivity index (χ4n) is 4.56. The zero-order valence-electron chi connectivity index (χ0n) is 15.6. The van der Waals surface area contributed by atoms with Gasteiger partial charge in [-0.25, -0.2) is 0 Å². The van der Waals surface area contributed by atoms with Gasteiger partial charge in [-0.2, -0.15) is 0 Å². The Balaban J connectivity index is 2.02. The van der Waals surface area contributed by atoms with Gasteiger partial charge in [0.2, 0.25) is 5.91 Å². The van der Waals surface area contributed by atoms with Crippen LogP contribution in [0.4, 0.5) is 0 Å². The van der Waals surface area contributed by atoms with Crippen LogP contribution in [-0.4, -0.2) is 23.0 Å². The first kappa shape index (κ1) is 17.5. The van der Waals surface area contributed by atoms with E-state index in [2.05, 4.69) is 72.1 Å². The maximum Gasteiger partial charge on any atom is 0.224 e. The molecule has 0 bridgehead atoms. The number of carbonyl (C=O) groups is 1. The number of allylic oxidation sites excluding steroid dienone is 2. The van der Waals surface area contributed by atoms with Crippen molar-refractivity contribution in [2.75, 3.05) is 0 Å². The minimum absolute atomic E-state index is 0.0675. The van der Waals surface area contributed by atoms with Crippen LogP contribution >= 0.6 is 0 Å². The first-order valence-corrected chi connectivity index (χ1v) is 8.59. The zero-order valence-corrected chi connectivity index (χ0v) is 15.6. The Hall–Kier alpha value is -0.830. The van der Waals surface area contributed by atoms with E-state index < -0.39 is 0 Å². The number of piperidine rings is 1. The normalized spacial score (nSPS) is 32.2. The molecule has 1 saturated heterocycles. The van der Waals surface area contributed by atoms with E-state index in [9.17, 15) is 4.79 Å². The van der Waals surface area contributed by atoms with Gasteiger partial charge in [0.25, 0.3) is 0 Å². The first-order valence-electron chi connectivity index (χ1n) is 8.59. The summed E-state index contributed by atoms with van der Waals surface area (Å²) in [6, 6.07) is 0.266. The van der Waals surface area contributed by atoms with Crippen LogP contribution in [0.25, 0.3) is 0 Å². The van der Waals surface area contributed by atoms with Crippen molar-refractivity contribution in [1.29, 1.82) is 0 Å². The minimum Gasteiger partial charge on any atom is -0.353 e. The van der Waals surface area contributed by atoms with Gasteiger partial charge in [0.1, 0.15) is 0 Å². The van der Waals surface area contributed by atoms with Crippen molar-refractivity contribution < 1.29 is 4.79 Å². The Morgan fingerprint density at radius 1 is 1.05 bits per heavy atom. The Bertz CT molecular complexity index is 468. The van der Waals surface area contributed by atoms with Gasteiger partial charge in [-0.1, -0.05) is 25.5 Å². The highest BCUT2D eigenvalue weighted by Crippen LogP contribution is 2.59. The summed E-state index contributed by atoms with van der Waals surface area (Å²) in [6.45, 7) is 17.5. The molecule has 0 aromatic carbocycles. The molecule has 0 radical (unpaired) electrons. The second-order valence-electron chi connectivity index (χ2n) is 9.58. The third-order valence-electron chi connectivity index (χ3n) is 5.24. The second kappa shape index (κ2) is 5.36. The van der Waals surface area contributed by atoms with E-state index in [0.29, 0.717) is 5.92 Å². The van der Waals surface area contributed by atoms with Crippen molar-refractivity contribution >= 4 is 5.91 Å². The largest absolute Gasteiger partial charge is 0.353 e. The number of nitrogens with one attached hydrogen (secondary N) is 2. The molecule has 1 amide bonds. The summed E-state index contributed by atoms with van der Waals surface area (Å²) in [5.74, 6) is 0.759. The predicted molar refractivity (Wildman–Crippen MR) is 92.7 cm³/mol. The Labute approximate surface area is 136 Å². The van der Waals surface area contributed by atoms with Crippen molar-refractivity contribution in [2.45, 2.75) is 85.4 Å². The summed E-state index contributed by atoms with van der Waals surface area (Å²) >= 11 is 0. The van der Waals surface area contributed by atoms with Gasteiger partial charge in [-0.3, -0.25) is 4.79 Å². The molecule has 2 fully saturated rings. The third kappa shape index (κ3) is 3.73. The van der Waals surface area contributed by atoms with E-state index in [4.69, 9.17) is 0 Å². The lowest BCUT2D eigenvalue weighted by Crippen LogP contribution is -2.62. The molecule has 3 nitrogen and oxygen atoms in total. The van der Waals surface area contributed by atoms with E-state index in [-0.39, 0.29) is 34.4 Å². The highest BCUT2D eigenvalue weighted by Gasteiger charge is 2.60. The molecule has 0 aromatic rings. The third-order valence-corrected chi connectivity index (χ3v) is 5.24. The van der Waals surface area contributed by atoms with Crippen molar-refractivity contribution in [3.63, 3.8) is 0 Å². The van der Waals surface area contributed by atoms with Gasteiger partial charge in [0.15, 0.2) is 0 Å². The molecule has 0 aromatic heterocycles. The summed E-state index contributed by atoms with van der Waals surface area (Å²) in [4.78, 5) is 12.7. The zero-order chi connectivity index (χ0) is 16.9. The molecule has 1 saturated carbocycles. The maximum atomic E-state index is 12.7. The number of hydrogen-bond acceptors (Lipinski definition) is 2. The van der Waals surface area contributed by atoms with Crippen molar-refractivity contribution in [3.8, 4) is 0 Å². The van der Waals surface area contributed by atoms with Crippen LogP contribution in [0.3, 0.4) is 0 Å². The molecule has 1 aliphatic carbocycles. The molecular weight excluding hydrogens is 272 g/mol. The number of rotatable bonds is 3. The average Bonchev–Trinajstić information content (AvgIpc) is 2.73. The quantitative estimate of drug-likeness (QED) is 0.781. The van der Waals surface area contributed by atoms with E-state index in [1.165, 1.54) is 5.57 Å². The van der Waals surface area contributed by atoms with Gasteiger partial charge in [-0.15, -0.1) is 0 Å². The average molecular weight is 306 g/mol. The van der Waals surface area contributed by atoms with E-state index in [1.807, 2.05) is 0 Å². The van der Waals surface area contributed by atoms with E-state index in [1.54, 1.807) is 0 Å². The lowest BCUT2D eigenvalue weighted by atomic mass is 9.79. The fraction of sp³-hybridized carbons (Fsp3) is 0.842. The van der Waals surface area contributed by atoms with Crippen LogP contribution in [0.5, 0.6) is 0 Å². The summed E-state index contributed by atoms with van der Waals surface area (Å²) in [6.07, 6.45) is 4.24. The molecule has 126 valence electrons. The number of hydrogen-bond donors (Lipinski definition) is 2. The Morgan fingerprint density at radius 3 is 2.00 bits per heavy atom. The standard InChI is InChI=1S/C19H34N2O/c1-12(2)9-14-15(19(14,7)8)16(22)20-13-10-17(3,4)21-18(5,6)11-13/h9,13-15,21H,10-11H2,1-8H3,(H,20,22)/t14-,15-/m1/s1. The lowest BCUT2D eigenvalue weighted by molar-refractivity contribution is -0.124. The molecule has 2 N–H and O–H groups in total. The summed E-state index contributed by atoms with van der Waals surface area (Å²) in [5.41, 5.74) is 1.53. The van der Waals surface area contributed by atoms with Gasteiger partial charge in [0, 0.05) is 17.1 Å². The molecule has 0 unspecified atom stereocenters. The molecule has 3 heteroatoms. The van der Waals surface area contributed by atoms with Crippen molar-refractivity contribution in [1.82, 2.24) is 10.6 Å².